The van der Waals surface area contributed by atoms with Crippen molar-refractivity contribution in [1.29, 1.82) is 0 Å². The van der Waals surface area contributed by atoms with Crippen LogP contribution < -0.4 is 5.32 Å². The molecular formula is C43H46BrN7O4. The third-order valence-corrected chi connectivity index (χ3v) is 12.0. The van der Waals surface area contributed by atoms with Crippen molar-refractivity contribution in [2.75, 3.05) is 11.9 Å². The number of ether oxygens (including phenoxy) is 1. The number of rotatable bonds is 4. The average Bonchev–Trinajstić information content (AvgIpc) is 3.56. The number of piperidine rings is 1. The predicted octanol–water partition coefficient (Wildman–Crippen LogP) is 7.73. The quantitative estimate of drug-likeness (QED) is 0.144. The zero-order valence-corrected chi connectivity index (χ0v) is 33.2. The lowest BCUT2D eigenvalue weighted by atomic mass is 9.96. The van der Waals surface area contributed by atoms with Crippen molar-refractivity contribution in [3.8, 4) is 11.1 Å². The molecule has 3 atom stereocenters. The van der Waals surface area contributed by atoms with Gasteiger partial charge in [-0.2, -0.15) is 5.10 Å². The van der Waals surface area contributed by atoms with E-state index in [2.05, 4.69) is 66.5 Å². The Balaban J connectivity index is 1.17. The topological polar surface area (TPSA) is 132 Å². The second-order valence-corrected chi connectivity index (χ2v) is 16.4. The number of carbonyl (C=O) groups is 3. The molecule has 1 aliphatic carbocycles. The first-order valence-electron chi connectivity index (χ1n) is 19.3. The summed E-state index contributed by atoms with van der Waals surface area (Å²) in [4.78, 5) is 57.1. The van der Waals surface area contributed by atoms with Gasteiger partial charge in [0.2, 0.25) is 11.8 Å². The summed E-state index contributed by atoms with van der Waals surface area (Å²) < 4.78 is 8.69. The van der Waals surface area contributed by atoms with Crippen LogP contribution in [0.5, 0.6) is 0 Å². The van der Waals surface area contributed by atoms with E-state index in [1.807, 2.05) is 32.0 Å². The zero-order chi connectivity index (χ0) is 38.3. The highest BCUT2D eigenvalue weighted by Gasteiger charge is 2.67. The van der Waals surface area contributed by atoms with E-state index in [1.54, 1.807) is 22.0 Å². The standard InChI is InChI=1S/C43H46BrN7O4/c1-26-14-15-37(44)47-41(26)48-42(54)35-19-43-20-36(43)51(35)38(53)23-50-40-31(13-8-6-4-5-7-10-29-11-9-12-30(16-29)24-55-25-43)17-32(33-21-45-28(3)46-22-33)18-34(40)39(49-50)27(2)52/h9,11-12,14-18,21-22,35-36H,4-8,10,13,19-20,23-25H2,1-3H3,(H,47,48,54)/t35-,36+,43-/m0/s1. The van der Waals surface area contributed by atoms with Gasteiger partial charge in [-0.1, -0.05) is 49.6 Å². The van der Waals surface area contributed by atoms with Gasteiger partial charge in [0.25, 0.3) is 0 Å². The Kier molecular flexibility index (Phi) is 10.4. The van der Waals surface area contributed by atoms with Crippen LogP contribution in [0.2, 0.25) is 0 Å². The molecular weight excluding hydrogens is 758 g/mol. The van der Waals surface area contributed by atoms with Gasteiger partial charge in [0.15, 0.2) is 5.78 Å². The minimum absolute atomic E-state index is 0.109. The number of hydrogen-bond acceptors (Lipinski definition) is 8. The molecule has 5 aromatic rings. The molecule has 11 nitrogen and oxygen atoms in total. The molecule has 2 fully saturated rings. The molecule has 2 amide bonds. The zero-order valence-electron chi connectivity index (χ0n) is 31.6. The lowest BCUT2D eigenvalue weighted by Gasteiger charge is -2.27. The molecule has 0 unspecified atom stereocenters. The van der Waals surface area contributed by atoms with Crippen LogP contribution in [0.25, 0.3) is 22.0 Å². The van der Waals surface area contributed by atoms with E-state index in [4.69, 9.17) is 9.84 Å². The average molecular weight is 805 g/mol. The van der Waals surface area contributed by atoms with Crippen molar-refractivity contribution in [2.45, 2.75) is 104 Å². The summed E-state index contributed by atoms with van der Waals surface area (Å²) in [6.45, 7) is 6.06. The highest BCUT2D eigenvalue weighted by Crippen LogP contribution is 2.60. The fourth-order valence-electron chi connectivity index (χ4n) is 8.56. The van der Waals surface area contributed by atoms with Crippen LogP contribution in [0.3, 0.4) is 0 Å². The third kappa shape index (κ3) is 7.71. The maximum absolute atomic E-state index is 14.7. The van der Waals surface area contributed by atoms with Crippen molar-refractivity contribution in [3.63, 3.8) is 0 Å². The summed E-state index contributed by atoms with van der Waals surface area (Å²) >= 11 is 3.42. The Morgan fingerprint density at radius 2 is 1.69 bits per heavy atom. The Hall–Kier alpha value is -4.81. The number of ketones is 1. The van der Waals surface area contributed by atoms with Gasteiger partial charge < -0.3 is 15.0 Å². The highest BCUT2D eigenvalue weighted by molar-refractivity contribution is 9.10. The van der Waals surface area contributed by atoms with Crippen LogP contribution in [0.1, 0.15) is 90.4 Å². The number of pyridine rings is 1. The first-order valence-corrected chi connectivity index (χ1v) is 20.1. The second-order valence-electron chi connectivity index (χ2n) is 15.6. The summed E-state index contributed by atoms with van der Waals surface area (Å²) in [6.07, 6.45) is 12.0. The number of anilines is 1. The Labute approximate surface area is 329 Å². The van der Waals surface area contributed by atoms with Gasteiger partial charge in [-0.3, -0.25) is 19.1 Å². The second kappa shape index (κ2) is 15.4. The molecule has 284 valence electrons. The van der Waals surface area contributed by atoms with Crippen LogP contribution in [0.4, 0.5) is 5.82 Å². The number of hydrogen-bond donors (Lipinski definition) is 1. The number of nitrogens with one attached hydrogen (secondary N) is 1. The van der Waals surface area contributed by atoms with Crippen molar-refractivity contribution in [2.24, 2.45) is 5.41 Å². The van der Waals surface area contributed by atoms with E-state index >= 15 is 0 Å². The largest absolute Gasteiger partial charge is 0.376 e. The van der Waals surface area contributed by atoms with E-state index in [0.29, 0.717) is 47.0 Å². The summed E-state index contributed by atoms with van der Waals surface area (Å²) in [7, 11) is 0. The Bertz CT molecular complexity index is 2290. The maximum atomic E-state index is 14.7. The first-order chi connectivity index (χ1) is 26.6. The van der Waals surface area contributed by atoms with Crippen LogP contribution in [-0.2, 0) is 40.3 Å². The SMILES string of the molecule is CC(=O)c1nn2c3c(cc(-c4cnc(C)nc4)cc13)CCCCCCCc1cccc(c1)COC[C@@]13C[C@@H](C(=O)Nc4nc(Br)ccc4C)N(C(=O)C2)[C@@H]1C3. The van der Waals surface area contributed by atoms with E-state index in [-0.39, 0.29) is 35.6 Å². The number of aromatic nitrogens is 5. The molecule has 8 rings (SSSR count). The van der Waals surface area contributed by atoms with Gasteiger partial charge in [0.1, 0.15) is 34.5 Å². The van der Waals surface area contributed by atoms with Crippen LogP contribution >= 0.6 is 15.9 Å². The number of nitrogens with zero attached hydrogens (tertiary/aromatic N) is 6. The molecule has 12 heteroatoms. The molecule has 2 aromatic carbocycles. The molecule has 1 N–H and O–H groups in total. The molecule has 4 bridgehead atoms. The molecule has 3 aromatic heterocycles. The monoisotopic (exact) mass is 803 g/mol. The molecule has 0 spiro atoms. The van der Waals surface area contributed by atoms with Crippen molar-refractivity contribution in [3.05, 3.63) is 99.3 Å². The van der Waals surface area contributed by atoms with Crippen molar-refractivity contribution in [1.82, 2.24) is 29.6 Å². The number of carbonyl (C=O) groups excluding carboxylic acids is 3. The summed E-state index contributed by atoms with van der Waals surface area (Å²) in [6, 6.07) is 15.6. The van der Waals surface area contributed by atoms with Gasteiger partial charge in [0.05, 0.1) is 18.7 Å². The van der Waals surface area contributed by atoms with Gasteiger partial charge in [-0.05, 0) is 114 Å². The Morgan fingerprint density at radius 1 is 0.927 bits per heavy atom. The number of aryl methyl sites for hydroxylation is 4. The molecule has 2 aliphatic heterocycles. The first kappa shape index (κ1) is 37.1. The lowest BCUT2D eigenvalue weighted by Crippen LogP contribution is -2.47. The fourth-order valence-corrected chi connectivity index (χ4v) is 8.87. The summed E-state index contributed by atoms with van der Waals surface area (Å²) in [5.41, 5.74) is 6.80. The highest BCUT2D eigenvalue weighted by atomic mass is 79.9. The third-order valence-electron chi connectivity index (χ3n) is 11.5. The number of fused-ring (bicyclic) bond motifs is 2. The number of halogens is 1. The number of amides is 2. The Morgan fingerprint density at radius 3 is 2.49 bits per heavy atom. The van der Waals surface area contributed by atoms with E-state index in [1.165, 1.54) is 12.5 Å². The smallest absolute Gasteiger partial charge is 0.248 e. The van der Waals surface area contributed by atoms with Gasteiger partial charge in [-0.15, -0.1) is 0 Å². The molecule has 3 aliphatic rings. The molecule has 5 heterocycles. The van der Waals surface area contributed by atoms with Gasteiger partial charge >= 0.3 is 0 Å². The van der Waals surface area contributed by atoms with E-state index < -0.39 is 6.04 Å². The minimum atomic E-state index is -0.724. The van der Waals surface area contributed by atoms with E-state index in [0.717, 1.165) is 84.7 Å². The summed E-state index contributed by atoms with van der Waals surface area (Å²) in [5.74, 6) is 0.451. The number of benzene rings is 2. The number of Topliss-reactive ketones (excluding diaryl/α,β-unsaturated/α-hetero) is 1. The molecule has 1 saturated carbocycles. The van der Waals surface area contributed by atoms with Crippen LogP contribution in [0, 0.1) is 19.3 Å². The van der Waals surface area contributed by atoms with Crippen LogP contribution in [-0.4, -0.2) is 65.9 Å². The fraction of sp³-hybridized carbons (Fsp3) is 0.419. The predicted molar refractivity (Wildman–Crippen MR) is 213 cm³/mol. The van der Waals surface area contributed by atoms with Crippen LogP contribution in [0.15, 0.2) is 65.5 Å². The van der Waals surface area contributed by atoms with Gasteiger partial charge in [0, 0.05) is 41.7 Å². The van der Waals surface area contributed by atoms with Gasteiger partial charge in [-0.25, -0.2) is 15.0 Å². The maximum Gasteiger partial charge on any atom is 0.248 e. The van der Waals surface area contributed by atoms with E-state index in [9.17, 15) is 14.4 Å². The normalized spacial score (nSPS) is 21.8. The lowest BCUT2D eigenvalue weighted by molar-refractivity contribution is -0.138. The van der Waals surface area contributed by atoms with Crippen molar-refractivity contribution >= 4 is 50.2 Å². The minimum Gasteiger partial charge on any atom is -0.376 e. The molecule has 0 radical (unpaired) electrons. The molecule has 55 heavy (non-hydrogen) atoms. The molecule has 1 saturated heterocycles. The van der Waals surface area contributed by atoms with Crippen molar-refractivity contribution < 1.29 is 19.1 Å². The summed E-state index contributed by atoms with van der Waals surface area (Å²) in [5, 5.41) is 8.54.